The van der Waals surface area contributed by atoms with Gasteiger partial charge in [0.25, 0.3) is 5.56 Å². The number of hydrogen-bond donors (Lipinski definition) is 1. The Balaban J connectivity index is 2.86. The maximum absolute atomic E-state index is 12.9. The van der Waals surface area contributed by atoms with Crippen molar-refractivity contribution >= 4 is 17.6 Å². The number of hydrogen-bond acceptors (Lipinski definition) is 2. The molecule has 1 aromatic heterocycles. The van der Waals surface area contributed by atoms with Crippen molar-refractivity contribution in [3.63, 3.8) is 0 Å². The molecule has 2 aromatic rings. The molecule has 4 nitrogen and oxygen atoms in total. The average molecular weight is 296 g/mol. The first-order valence-corrected chi connectivity index (χ1v) is 6.13. The van der Waals surface area contributed by atoms with Crippen LogP contribution in [0.4, 0.5) is 4.39 Å². The largest absolute Gasteiger partial charge is 0.477 e. The van der Waals surface area contributed by atoms with Gasteiger partial charge in [0.2, 0.25) is 0 Å². The quantitative estimate of drug-likeness (QED) is 0.926. The van der Waals surface area contributed by atoms with Crippen LogP contribution < -0.4 is 5.56 Å². The highest BCUT2D eigenvalue weighted by Crippen LogP contribution is 2.23. The molecule has 1 heterocycles. The molecule has 104 valence electrons. The van der Waals surface area contributed by atoms with Gasteiger partial charge in [0, 0.05) is 11.4 Å². The zero-order chi connectivity index (χ0) is 15.0. The fraction of sp³-hybridized carbons (Fsp3) is 0.143. The predicted molar refractivity (Wildman–Crippen MR) is 73.4 cm³/mol. The number of aromatic nitrogens is 1. The monoisotopic (exact) mass is 295 g/mol. The van der Waals surface area contributed by atoms with Gasteiger partial charge in [0.1, 0.15) is 11.4 Å². The summed E-state index contributed by atoms with van der Waals surface area (Å²) in [5.74, 6) is -1.79. The molecule has 1 aromatic carbocycles. The van der Waals surface area contributed by atoms with Crippen LogP contribution in [0.25, 0.3) is 5.69 Å². The van der Waals surface area contributed by atoms with Crippen molar-refractivity contribution in [2.75, 3.05) is 0 Å². The highest BCUT2D eigenvalue weighted by molar-refractivity contribution is 6.32. The summed E-state index contributed by atoms with van der Waals surface area (Å²) >= 11 is 6.09. The Labute approximate surface area is 119 Å². The van der Waals surface area contributed by atoms with Crippen molar-refractivity contribution in [2.45, 2.75) is 13.8 Å². The number of nitrogens with zero attached hydrogens (tertiary/aromatic N) is 1. The Morgan fingerprint density at radius 2 is 1.80 bits per heavy atom. The molecule has 0 amide bonds. The number of pyridine rings is 1. The summed E-state index contributed by atoms with van der Waals surface area (Å²) < 4.78 is 14.1. The summed E-state index contributed by atoms with van der Waals surface area (Å²) in [5.41, 5.74) is -0.0856. The summed E-state index contributed by atoms with van der Waals surface area (Å²) in [4.78, 5) is 23.5. The smallest absolute Gasteiger partial charge is 0.341 e. The van der Waals surface area contributed by atoms with Gasteiger partial charge in [-0.3, -0.25) is 9.36 Å². The Morgan fingerprint density at radius 1 is 1.25 bits per heavy atom. The molecule has 0 aliphatic heterocycles. The van der Waals surface area contributed by atoms with Gasteiger partial charge in [-0.2, -0.15) is 0 Å². The minimum Gasteiger partial charge on any atom is -0.477 e. The molecule has 0 fully saturated rings. The van der Waals surface area contributed by atoms with Crippen LogP contribution in [0.15, 0.2) is 29.1 Å². The van der Waals surface area contributed by atoms with Crippen LogP contribution in [0.1, 0.15) is 21.6 Å². The third-order valence-electron chi connectivity index (χ3n) is 3.07. The maximum atomic E-state index is 12.9. The van der Waals surface area contributed by atoms with Gasteiger partial charge in [0.05, 0.1) is 5.02 Å². The standard InChI is InChI=1S/C14H11ClFNO3/c1-7-11(14(19)20)13(18)17(8(2)12(7)15)10-5-3-9(16)4-6-10/h3-6H,1-2H3,(H,19,20). The zero-order valence-electron chi connectivity index (χ0n) is 10.8. The number of carboxylic acid groups (broad SMARTS) is 1. The average Bonchev–Trinajstić information content (AvgIpc) is 2.38. The first kappa shape index (κ1) is 14.3. The van der Waals surface area contributed by atoms with E-state index in [2.05, 4.69) is 0 Å². The highest BCUT2D eigenvalue weighted by atomic mass is 35.5. The number of aromatic carboxylic acids is 1. The van der Waals surface area contributed by atoms with Gasteiger partial charge < -0.3 is 5.11 Å². The lowest BCUT2D eigenvalue weighted by molar-refractivity contribution is 0.0693. The third-order valence-corrected chi connectivity index (χ3v) is 3.63. The highest BCUT2D eigenvalue weighted by Gasteiger charge is 2.21. The molecule has 6 heteroatoms. The Kier molecular flexibility index (Phi) is 3.63. The third kappa shape index (κ3) is 2.20. The van der Waals surface area contributed by atoms with Crippen LogP contribution in [0.5, 0.6) is 0 Å². The second-order valence-electron chi connectivity index (χ2n) is 4.32. The normalized spacial score (nSPS) is 10.6. The molecule has 1 N–H and O–H groups in total. The second-order valence-corrected chi connectivity index (χ2v) is 4.70. The van der Waals surface area contributed by atoms with Gasteiger partial charge in [0.15, 0.2) is 0 Å². The van der Waals surface area contributed by atoms with Gasteiger partial charge >= 0.3 is 5.97 Å². The summed E-state index contributed by atoms with van der Waals surface area (Å²) in [7, 11) is 0. The zero-order valence-corrected chi connectivity index (χ0v) is 11.5. The van der Waals surface area contributed by atoms with E-state index < -0.39 is 17.3 Å². The number of halogens is 2. The van der Waals surface area contributed by atoms with E-state index in [1.165, 1.54) is 31.2 Å². The molecule has 0 radical (unpaired) electrons. The Bertz CT molecular complexity index is 750. The molecule has 0 aliphatic rings. The summed E-state index contributed by atoms with van der Waals surface area (Å²) in [6.07, 6.45) is 0. The molecule has 0 atom stereocenters. The van der Waals surface area contributed by atoms with E-state index in [-0.39, 0.29) is 16.1 Å². The molecule has 0 unspecified atom stereocenters. The fourth-order valence-electron chi connectivity index (χ4n) is 2.06. The molecule has 20 heavy (non-hydrogen) atoms. The van der Waals surface area contributed by atoms with Crippen LogP contribution in [0.2, 0.25) is 5.02 Å². The topological polar surface area (TPSA) is 59.3 Å². The minimum absolute atomic E-state index is 0.200. The molecule has 0 bridgehead atoms. The van der Waals surface area contributed by atoms with Crippen LogP contribution >= 0.6 is 11.6 Å². The lowest BCUT2D eigenvalue weighted by Gasteiger charge is -2.15. The van der Waals surface area contributed by atoms with E-state index in [9.17, 15) is 14.0 Å². The lowest BCUT2D eigenvalue weighted by Crippen LogP contribution is -2.28. The number of carbonyl (C=O) groups is 1. The molecule has 0 spiro atoms. The van der Waals surface area contributed by atoms with E-state index in [0.29, 0.717) is 11.4 Å². The molecule has 2 rings (SSSR count). The van der Waals surface area contributed by atoms with E-state index >= 15 is 0 Å². The summed E-state index contributed by atoms with van der Waals surface area (Å²) in [5, 5.41) is 9.35. The van der Waals surface area contributed by atoms with Gasteiger partial charge in [-0.05, 0) is 43.7 Å². The van der Waals surface area contributed by atoms with Crippen molar-refractivity contribution in [2.24, 2.45) is 0 Å². The van der Waals surface area contributed by atoms with Gasteiger partial charge in [-0.25, -0.2) is 9.18 Å². The summed E-state index contributed by atoms with van der Waals surface area (Å²) in [6, 6.07) is 5.16. The van der Waals surface area contributed by atoms with Gasteiger partial charge in [-0.1, -0.05) is 11.6 Å². The Morgan fingerprint density at radius 3 is 2.30 bits per heavy atom. The predicted octanol–water partition coefficient (Wildman–Crippen LogP) is 2.95. The number of benzene rings is 1. The summed E-state index contributed by atoms with van der Waals surface area (Å²) in [6.45, 7) is 3.08. The molecule has 0 saturated carbocycles. The molecule has 0 aliphatic carbocycles. The minimum atomic E-state index is -1.34. The van der Waals surface area contributed by atoms with Crippen molar-refractivity contribution in [3.8, 4) is 5.69 Å². The van der Waals surface area contributed by atoms with E-state index in [0.717, 1.165) is 4.57 Å². The molecular formula is C14H11ClFNO3. The molecular weight excluding hydrogens is 285 g/mol. The van der Waals surface area contributed by atoms with E-state index in [4.69, 9.17) is 16.7 Å². The number of carboxylic acids is 1. The van der Waals surface area contributed by atoms with Crippen molar-refractivity contribution < 1.29 is 14.3 Å². The molecule has 0 saturated heterocycles. The van der Waals surface area contributed by atoms with Crippen LogP contribution in [0, 0.1) is 19.7 Å². The van der Waals surface area contributed by atoms with Crippen molar-refractivity contribution in [1.82, 2.24) is 4.57 Å². The fourth-order valence-corrected chi connectivity index (χ4v) is 2.24. The first-order valence-electron chi connectivity index (χ1n) is 5.75. The lowest BCUT2D eigenvalue weighted by atomic mass is 10.1. The van der Waals surface area contributed by atoms with Crippen LogP contribution in [-0.2, 0) is 0 Å². The maximum Gasteiger partial charge on any atom is 0.341 e. The second kappa shape index (κ2) is 5.09. The van der Waals surface area contributed by atoms with E-state index in [1.54, 1.807) is 6.92 Å². The van der Waals surface area contributed by atoms with Gasteiger partial charge in [-0.15, -0.1) is 0 Å². The van der Waals surface area contributed by atoms with Crippen molar-refractivity contribution in [3.05, 3.63) is 62.3 Å². The SMILES string of the molecule is Cc1c(Cl)c(C)n(-c2ccc(F)cc2)c(=O)c1C(=O)O. The van der Waals surface area contributed by atoms with Crippen LogP contribution in [-0.4, -0.2) is 15.6 Å². The first-order chi connectivity index (χ1) is 9.34. The van der Waals surface area contributed by atoms with Crippen LogP contribution in [0.3, 0.4) is 0 Å². The number of rotatable bonds is 2. The Hall–Kier alpha value is -2.14. The van der Waals surface area contributed by atoms with Crippen molar-refractivity contribution in [1.29, 1.82) is 0 Å². The van der Waals surface area contributed by atoms with E-state index in [1.807, 2.05) is 0 Å².